The monoisotopic (exact) mass is 235 g/mol. The fraction of sp³-hybridized carbons (Fsp3) is 0.571. The summed E-state index contributed by atoms with van der Waals surface area (Å²) in [5.74, 6) is 0.960. The van der Waals surface area contributed by atoms with Crippen molar-refractivity contribution in [3.8, 4) is 5.75 Å². The smallest absolute Gasteiger partial charge is 0.119 e. The van der Waals surface area contributed by atoms with E-state index >= 15 is 0 Å². The van der Waals surface area contributed by atoms with Crippen LogP contribution in [-0.2, 0) is 17.6 Å². The zero-order valence-electron chi connectivity index (χ0n) is 10.3. The first-order valence-corrected chi connectivity index (χ1v) is 6.42. The van der Waals surface area contributed by atoms with Gasteiger partial charge in [0.05, 0.1) is 13.2 Å². The van der Waals surface area contributed by atoms with E-state index in [2.05, 4.69) is 18.2 Å². The zero-order chi connectivity index (χ0) is 11.9. The molecule has 3 heteroatoms. The predicted octanol–water partition coefficient (Wildman–Crippen LogP) is 1.92. The van der Waals surface area contributed by atoms with Crippen LogP contribution in [0.2, 0.25) is 0 Å². The lowest BCUT2D eigenvalue weighted by molar-refractivity contribution is 0.106. The summed E-state index contributed by atoms with van der Waals surface area (Å²) in [5, 5.41) is 0. The van der Waals surface area contributed by atoms with Gasteiger partial charge in [-0.3, -0.25) is 0 Å². The second kappa shape index (κ2) is 6.62. The van der Waals surface area contributed by atoms with Crippen LogP contribution in [0.5, 0.6) is 5.75 Å². The number of nitrogens with two attached hydrogens (primary N) is 1. The number of aryl methyl sites for hydroxylation is 2. The summed E-state index contributed by atoms with van der Waals surface area (Å²) in [6, 6.07) is 6.44. The summed E-state index contributed by atoms with van der Waals surface area (Å²) in [6.45, 7) is 2.37. The first-order chi connectivity index (χ1) is 8.40. The summed E-state index contributed by atoms with van der Waals surface area (Å²) in [7, 11) is 0. The number of hydrogen-bond acceptors (Lipinski definition) is 3. The number of hydrogen-bond donors (Lipinski definition) is 1. The van der Waals surface area contributed by atoms with Gasteiger partial charge < -0.3 is 15.2 Å². The quantitative estimate of drug-likeness (QED) is 0.766. The summed E-state index contributed by atoms with van der Waals surface area (Å²) in [6.07, 6.45) is 5.03. The summed E-state index contributed by atoms with van der Waals surface area (Å²) in [4.78, 5) is 0. The lowest BCUT2D eigenvalue weighted by atomic mass is 9.92. The molecule has 3 nitrogen and oxygen atoms in total. The lowest BCUT2D eigenvalue weighted by Crippen LogP contribution is -2.13. The highest BCUT2D eigenvalue weighted by Crippen LogP contribution is 2.25. The Kier molecular flexibility index (Phi) is 4.83. The predicted molar refractivity (Wildman–Crippen MR) is 68.5 cm³/mol. The Bertz CT molecular complexity index is 352. The van der Waals surface area contributed by atoms with Gasteiger partial charge in [0.1, 0.15) is 12.4 Å². The molecule has 1 aromatic rings. The van der Waals surface area contributed by atoms with Crippen molar-refractivity contribution in [2.24, 2.45) is 5.73 Å². The van der Waals surface area contributed by atoms with Gasteiger partial charge >= 0.3 is 0 Å². The molecular formula is C14H21NO2. The molecule has 17 heavy (non-hydrogen) atoms. The summed E-state index contributed by atoms with van der Waals surface area (Å²) >= 11 is 0. The van der Waals surface area contributed by atoms with Crippen LogP contribution in [0.15, 0.2) is 18.2 Å². The van der Waals surface area contributed by atoms with Crippen molar-refractivity contribution in [1.29, 1.82) is 0 Å². The van der Waals surface area contributed by atoms with Gasteiger partial charge in [-0.05, 0) is 48.9 Å². The third kappa shape index (κ3) is 3.72. The van der Waals surface area contributed by atoms with Gasteiger partial charge in [-0.2, -0.15) is 0 Å². The van der Waals surface area contributed by atoms with Crippen molar-refractivity contribution in [1.82, 2.24) is 0 Å². The van der Waals surface area contributed by atoms with Crippen LogP contribution in [0.1, 0.15) is 24.0 Å². The molecule has 0 radical (unpaired) electrons. The molecule has 94 valence electrons. The van der Waals surface area contributed by atoms with Crippen molar-refractivity contribution in [3.63, 3.8) is 0 Å². The van der Waals surface area contributed by atoms with E-state index in [0.717, 1.165) is 5.75 Å². The van der Waals surface area contributed by atoms with E-state index in [1.807, 2.05) is 0 Å². The Balaban J connectivity index is 1.81. The minimum absolute atomic E-state index is 0.568. The summed E-state index contributed by atoms with van der Waals surface area (Å²) < 4.78 is 10.9. The number of rotatable bonds is 6. The van der Waals surface area contributed by atoms with Gasteiger partial charge in [-0.15, -0.1) is 0 Å². The molecule has 0 amide bonds. The van der Waals surface area contributed by atoms with E-state index < -0.39 is 0 Å². The van der Waals surface area contributed by atoms with E-state index in [0.29, 0.717) is 26.4 Å². The third-order valence-corrected chi connectivity index (χ3v) is 3.08. The molecule has 0 unspecified atom stereocenters. The van der Waals surface area contributed by atoms with E-state index in [4.69, 9.17) is 15.2 Å². The second-order valence-electron chi connectivity index (χ2n) is 4.39. The average Bonchev–Trinajstić information content (AvgIpc) is 2.38. The van der Waals surface area contributed by atoms with Crippen molar-refractivity contribution < 1.29 is 9.47 Å². The SMILES string of the molecule is NCCOCCOc1ccc2c(c1)CCCC2. The van der Waals surface area contributed by atoms with E-state index in [-0.39, 0.29) is 0 Å². The molecule has 2 rings (SSSR count). The maximum atomic E-state index is 5.65. The van der Waals surface area contributed by atoms with E-state index in [9.17, 15) is 0 Å². The van der Waals surface area contributed by atoms with E-state index in [1.54, 1.807) is 0 Å². The molecule has 0 saturated heterocycles. The van der Waals surface area contributed by atoms with Crippen LogP contribution in [0.4, 0.5) is 0 Å². The van der Waals surface area contributed by atoms with Crippen molar-refractivity contribution in [3.05, 3.63) is 29.3 Å². The van der Waals surface area contributed by atoms with Crippen LogP contribution in [0.3, 0.4) is 0 Å². The van der Waals surface area contributed by atoms with Crippen LogP contribution < -0.4 is 10.5 Å². The third-order valence-electron chi connectivity index (χ3n) is 3.08. The zero-order valence-corrected chi connectivity index (χ0v) is 10.3. The number of ether oxygens (including phenoxy) is 2. The minimum Gasteiger partial charge on any atom is -0.491 e. The Labute approximate surface area is 103 Å². The molecule has 2 N–H and O–H groups in total. The Morgan fingerprint density at radius 2 is 1.82 bits per heavy atom. The fourth-order valence-electron chi connectivity index (χ4n) is 2.20. The van der Waals surface area contributed by atoms with Crippen LogP contribution in [0, 0.1) is 0 Å². The molecule has 0 spiro atoms. The lowest BCUT2D eigenvalue weighted by Gasteiger charge is -2.16. The molecule has 1 aromatic carbocycles. The highest BCUT2D eigenvalue weighted by atomic mass is 16.5. The molecule has 0 bridgehead atoms. The standard InChI is InChI=1S/C14H21NO2/c15-7-8-16-9-10-17-14-6-5-12-3-1-2-4-13(12)11-14/h5-6,11H,1-4,7-10,15H2. The molecule has 0 aromatic heterocycles. The van der Waals surface area contributed by atoms with Gasteiger partial charge in [0.25, 0.3) is 0 Å². The van der Waals surface area contributed by atoms with Crippen LogP contribution >= 0.6 is 0 Å². The Morgan fingerprint density at radius 1 is 1.00 bits per heavy atom. The van der Waals surface area contributed by atoms with Crippen molar-refractivity contribution in [2.45, 2.75) is 25.7 Å². The Morgan fingerprint density at radius 3 is 2.65 bits per heavy atom. The fourth-order valence-corrected chi connectivity index (χ4v) is 2.20. The summed E-state index contributed by atoms with van der Waals surface area (Å²) in [5.41, 5.74) is 8.28. The van der Waals surface area contributed by atoms with Gasteiger partial charge in [0.15, 0.2) is 0 Å². The molecule has 0 heterocycles. The molecule has 0 saturated carbocycles. The number of fused-ring (bicyclic) bond motifs is 1. The number of benzene rings is 1. The molecule has 1 aliphatic rings. The highest BCUT2D eigenvalue weighted by molar-refractivity contribution is 5.37. The molecule has 0 aliphatic heterocycles. The second-order valence-corrected chi connectivity index (χ2v) is 4.39. The van der Waals surface area contributed by atoms with Gasteiger partial charge in [0.2, 0.25) is 0 Å². The van der Waals surface area contributed by atoms with Crippen molar-refractivity contribution >= 4 is 0 Å². The maximum Gasteiger partial charge on any atom is 0.119 e. The van der Waals surface area contributed by atoms with Crippen LogP contribution in [0.25, 0.3) is 0 Å². The first kappa shape index (κ1) is 12.4. The van der Waals surface area contributed by atoms with Gasteiger partial charge in [-0.1, -0.05) is 6.07 Å². The van der Waals surface area contributed by atoms with Crippen LogP contribution in [-0.4, -0.2) is 26.4 Å². The molecule has 0 atom stereocenters. The Hall–Kier alpha value is -1.06. The van der Waals surface area contributed by atoms with Gasteiger partial charge in [-0.25, -0.2) is 0 Å². The minimum atomic E-state index is 0.568. The van der Waals surface area contributed by atoms with E-state index in [1.165, 1.54) is 36.8 Å². The molecule has 0 fully saturated rings. The van der Waals surface area contributed by atoms with Crippen molar-refractivity contribution in [2.75, 3.05) is 26.4 Å². The maximum absolute atomic E-state index is 5.65. The highest BCUT2D eigenvalue weighted by Gasteiger charge is 2.09. The topological polar surface area (TPSA) is 44.5 Å². The first-order valence-electron chi connectivity index (χ1n) is 6.42. The normalized spacial score (nSPS) is 14.4. The van der Waals surface area contributed by atoms with Gasteiger partial charge in [0, 0.05) is 6.54 Å². The molecule has 1 aliphatic carbocycles. The average molecular weight is 235 g/mol. The molecular weight excluding hydrogens is 214 g/mol. The largest absolute Gasteiger partial charge is 0.491 e.